The van der Waals surface area contributed by atoms with Crippen molar-refractivity contribution in [3.05, 3.63) is 47.4 Å². The maximum absolute atomic E-state index is 12.1. The molecular formula is C15H13N3O3S. The lowest BCUT2D eigenvalue weighted by molar-refractivity contribution is -0.112. The van der Waals surface area contributed by atoms with Gasteiger partial charge in [0, 0.05) is 10.6 Å². The number of amides is 1. The number of aliphatic hydroxyl groups excluding tert-OH is 1. The number of aromatic nitrogens is 1. The van der Waals surface area contributed by atoms with E-state index in [1.54, 1.807) is 36.9 Å². The number of aryl methyl sites for hydroxylation is 1. The molecule has 22 heavy (non-hydrogen) atoms. The maximum atomic E-state index is 12.1. The molecule has 0 atom stereocenters. The van der Waals surface area contributed by atoms with Crippen molar-refractivity contribution in [3.63, 3.8) is 0 Å². The molecule has 0 aliphatic carbocycles. The molecule has 0 saturated heterocycles. The number of aliphatic hydroxyl groups is 1. The number of benzene rings is 1. The molecule has 2 aromatic rings. The zero-order valence-electron chi connectivity index (χ0n) is 12.0. The van der Waals surface area contributed by atoms with Gasteiger partial charge in [0.1, 0.15) is 11.8 Å². The second-order valence-electron chi connectivity index (χ2n) is 4.31. The molecule has 0 fully saturated rings. The Labute approximate surface area is 131 Å². The molecule has 112 valence electrons. The summed E-state index contributed by atoms with van der Waals surface area (Å²) in [6.07, 6.45) is 3.20. The predicted molar refractivity (Wildman–Crippen MR) is 83.3 cm³/mol. The molecule has 7 heteroatoms. The summed E-state index contributed by atoms with van der Waals surface area (Å²) in [4.78, 5) is 13.2. The minimum Gasteiger partial charge on any atom is -0.506 e. The normalized spacial score (nSPS) is 11.5. The molecule has 1 aromatic carbocycles. The fraction of sp³-hybridized carbons (Fsp3) is 0.133. The monoisotopic (exact) mass is 315 g/mol. The van der Waals surface area contributed by atoms with Gasteiger partial charge in [-0.2, -0.15) is 5.26 Å². The van der Waals surface area contributed by atoms with Crippen molar-refractivity contribution in [2.24, 2.45) is 0 Å². The third kappa shape index (κ3) is 3.30. The topological polar surface area (TPSA) is 99.2 Å². The van der Waals surface area contributed by atoms with Crippen molar-refractivity contribution >= 4 is 29.1 Å². The van der Waals surface area contributed by atoms with Gasteiger partial charge >= 0.3 is 0 Å². The van der Waals surface area contributed by atoms with E-state index < -0.39 is 17.2 Å². The lowest BCUT2D eigenvalue weighted by atomic mass is 10.1. The van der Waals surface area contributed by atoms with Gasteiger partial charge in [-0.1, -0.05) is 5.16 Å². The molecule has 1 heterocycles. The number of nitrogens with zero attached hydrogens (tertiary/aromatic N) is 2. The van der Waals surface area contributed by atoms with Gasteiger partial charge in [0.05, 0.1) is 11.8 Å². The van der Waals surface area contributed by atoms with E-state index in [2.05, 4.69) is 10.5 Å². The van der Waals surface area contributed by atoms with Crippen molar-refractivity contribution in [1.29, 1.82) is 5.26 Å². The van der Waals surface area contributed by atoms with Gasteiger partial charge in [-0.3, -0.25) is 4.79 Å². The van der Waals surface area contributed by atoms with E-state index in [0.29, 0.717) is 11.4 Å². The van der Waals surface area contributed by atoms with Crippen molar-refractivity contribution in [1.82, 2.24) is 5.16 Å². The average Bonchev–Trinajstić information content (AvgIpc) is 2.94. The maximum Gasteiger partial charge on any atom is 0.270 e. The Morgan fingerprint density at radius 3 is 2.59 bits per heavy atom. The van der Waals surface area contributed by atoms with Gasteiger partial charge in [0.15, 0.2) is 11.3 Å². The summed E-state index contributed by atoms with van der Waals surface area (Å²) < 4.78 is 4.82. The molecule has 2 rings (SSSR count). The van der Waals surface area contributed by atoms with Gasteiger partial charge in [-0.25, -0.2) is 0 Å². The molecular weight excluding hydrogens is 302 g/mol. The summed E-state index contributed by atoms with van der Waals surface area (Å²) in [6, 6.07) is 8.84. The smallest absolute Gasteiger partial charge is 0.270 e. The number of hydrogen-bond donors (Lipinski definition) is 2. The Morgan fingerprint density at radius 2 is 2.09 bits per heavy atom. The zero-order chi connectivity index (χ0) is 16.1. The molecule has 1 aromatic heterocycles. The number of nitriles is 1. The molecule has 0 aliphatic heterocycles. The number of nitrogens with one attached hydrogen (secondary N) is 1. The second-order valence-corrected chi connectivity index (χ2v) is 5.19. The van der Waals surface area contributed by atoms with Gasteiger partial charge in [0.25, 0.3) is 5.91 Å². The van der Waals surface area contributed by atoms with Crippen LogP contribution in [0.3, 0.4) is 0 Å². The lowest BCUT2D eigenvalue weighted by Gasteiger charge is -2.06. The second kappa shape index (κ2) is 6.83. The highest BCUT2D eigenvalue weighted by atomic mass is 32.2. The summed E-state index contributed by atoms with van der Waals surface area (Å²) >= 11 is 1.58. The molecule has 6 nitrogen and oxygen atoms in total. The molecule has 1 amide bonds. The van der Waals surface area contributed by atoms with E-state index in [4.69, 9.17) is 9.78 Å². The first-order chi connectivity index (χ1) is 10.6. The fourth-order valence-electron chi connectivity index (χ4n) is 1.74. The van der Waals surface area contributed by atoms with E-state index in [1.807, 2.05) is 18.4 Å². The van der Waals surface area contributed by atoms with E-state index >= 15 is 0 Å². The predicted octanol–water partition coefficient (Wildman–Crippen LogP) is 3.14. The highest BCUT2D eigenvalue weighted by Crippen LogP contribution is 2.21. The Kier molecular flexibility index (Phi) is 4.86. The Morgan fingerprint density at radius 1 is 1.41 bits per heavy atom. The Hall–Kier alpha value is -2.72. The van der Waals surface area contributed by atoms with Crippen LogP contribution in [0.1, 0.15) is 11.3 Å². The van der Waals surface area contributed by atoms with Crippen molar-refractivity contribution in [2.45, 2.75) is 11.8 Å². The van der Waals surface area contributed by atoms with Crippen LogP contribution in [0.5, 0.6) is 0 Å². The summed E-state index contributed by atoms with van der Waals surface area (Å²) in [5, 5.41) is 25.3. The largest absolute Gasteiger partial charge is 0.506 e. The van der Waals surface area contributed by atoms with Crippen molar-refractivity contribution in [2.75, 3.05) is 11.6 Å². The fourth-order valence-corrected chi connectivity index (χ4v) is 2.15. The van der Waals surface area contributed by atoms with Gasteiger partial charge in [-0.15, -0.1) is 11.8 Å². The van der Waals surface area contributed by atoms with Crippen LogP contribution in [0, 0.1) is 18.3 Å². The SMILES string of the molecule is CSc1ccc(NC(=O)/C(C#N)=C(\O)c2cnoc2C)cc1. The highest BCUT2D eigenvalue weighted by Gasteiger charge is 2.19. The molecule has 0 radical (unpaired) electrons. The number of carbonyl (C=O) groups excluding carboxylic acids is 1. The zero-order valence-corrected chi connectivity index (χ0v) is 12.8. The third-order valence-corrected chi connectivity index (χ3v) is 3.67. The van der Waals surface area contributed by atoms with Gasteiger partial charge < -0.3 is 14.9 Å². The standard InChI is InChI=1S/C15H13N3O3S/c1-9-13(8-17-21-9)14(19)12(7-16)15(20)18-10-3-5-11(22-2)6-4-10/h3-6,8,19H,1-2H3,(H,18,20)/b14-12-. The summed E-state index contributed by atoms with van der Waals surface area (Å²) in [5.74, 6) is -0.834. The van der Waals surface area contributed by atoms with Crippen LogP contribution in [0.15, 0.2) is 45.5 Å². The summed E-state index contributed by atoms with van der Waals surface area (Å²) in [7, 11) is 0. The van der Waals surface area contributed by atoms with Crippen LogP contribution in [0.4, 0.5) is 5.69 Å². The van der Waals surface area contributed by atoms with Crippen LogP contribution in [-0.4, -0.2) is 22.4 Å². The number of carbonyl (C=O) groups is 1. The molecule has 0 unspecified atom stereocenters. The minimum absolute atomic E-state index is 0.212. The number of hydrogen-bond acceptors (Lipinski definition) is 6. The van der Waals surface area contributed by atoms with Crippen LogP contribution in [0.25, 0.3) is 5.76 Å². The quantitative estimate of drug-likeness (QED) is 0.389. The van der Waals surface area contributed by atoms with Gasteiger partial charge in [-0.05, 0) is 37.4 Å². The van der Waals surface area contributed by atoms with Crippen LogP contribution in [0.2, 0.25) is 0 Å². The molecule has 0 saturated carbocycles. The van der Waals surface area contributed by atoms with Crippen LogP contribution >= 0.6 is 11.8 Å². The molecule has 0 bridgehead atoms. The van der Waals surface area contributed by atoms with Crippen molar-refractivity contribution < 1.29 is 14.4 Å². The van der Waals surface area contributed by atoms with E-state index in [1.165, 1.54) is 6.20 Å². The number of rotatable bonds is 4. The first-order valence-electron chi connectivity index (χ1n) is 6.27. The summed E-state index contributed by atoms with van der Waals surface area (Å²) in [6.45, 7) is 1.58. The van der Waals surface area contributed by atoms with Crippen LogP contribution < -0.4 is 5.32 Å². The average molecular weight is 315 g/mol. The molecule has 2 N–H and O–H groups in total. The molecule has 0 spiro atoms. The van der Waals surface area contributed by atoms with E-state index in [-0.39, 0.29) is 5.56 Å². The first-order valence-corrected chi connectivity index (χ1v) is 7.49. The van der Waals surface area contributed by atoms with Crippen molar-refractivity contribution in [3.8, 4) is 6.07 Å². The van der Waals surface area contributed by atoms with Gasteiger partial charge in [0.2, 0.25) is 0 Å². The van der Waals surface area contributed by atoms with E-state index in [0.717, 1.165) is 4.90 Å². The van der Waals surface area contributed by atoms with E-state index in [9.17, 15) is 9.90 Å². The summed E-state index contributed by atoms with van der Waals surface area (Å²) in [5.41, 5.74) is 0.343. The lowest BCUT2D eigenvalue weighted by Crippen LogP contribution is -2.15. The number of thioether (sulfide) groups is 1. The Balaban J connectivity index is 2.26. The first kappa shape index (κ1) is 15.7. The molecule has 0 aliphatic rings. The minimum atomic E-state index is -0.697. The highest BCUT2D eigenvalue weighted by molar-refractivity contribution is 7.98. The number of anilines is 1. The Bertz CT molecular complexity index is 757. The third-order valence-electron chi connectivity index (χ3n) is 2.93. The van der Waals surface area contributed by atoms with Crippen LogP contribution in [-0.2, 0) is 4.79 Å².